The lowest BCUT2D eigenvalue weighted by Crippen LogP contribution is -1.93. The van der Waals surface area contributed by atoms with Crippen LogP contribution in [0.5, 0.6) is 0 Å². The molecule has 0 bridgehead atoms. The van der Waals surface area contributed by atoms with Gasteiger partial charge in [-0.15, -0.1) is 0 Å². The Morgan fingerprint density at radius 2 is 2.27 bits per heavy atom. The van der Waals surface area contributed by atoms with Crippen LogP contribution in [0.1, 0.15) is 16.8 Å². The normalized spacial score (nSPS) is 10.3. The van der Waals surface area contributed by atoms with Crippen LogP contribution in [0.15, 0.2) is 37.3 Å². The van der Waals surface area contributed by atoms with Gasteiger partial charge in [0.25, 0.3) is 0 Å². The molecule has 0 unspecified atom stereocenters. The van der Waals surface area contributed by atoms with Crippen LogP contribution in [0.2, 0.25) is 0 Å². The molecule has 0 aliphatic rings. The van der Waals surface area contributed by atoms with Crippen LogP contribution >= 0.6 is 0 Å². The van der Waals surface area contributed by atoms with Crippen molar-refractivity contribution in [1.29, 1.82) is 0 Å². The van der Waals surface area contributed by atoms with E-state index in [0.29, 0.717) is 5.56 Å². The molecule has 0 atom stereocenters. The van der Waals surface area contributed by atoms with Gasteiger partial charge in [-0.25, -0.2) is 9.37 Å². The van der Waals surface area contributed by atoms with E-state index >= 15 is 0 Å². The zero-order valence-electron chi connectivity index (χ0n) is 8.42. The number of benzene rings is 1. The molecule has 1 aromatic carbocycles. The van der Waals surface area contributed by atoms with Crippen molar-refractivity contribution in [2.45, 2.75) is 6.92 Å². The van der Waals surface area contributed by atoms with Crippen LogP contribution in [-0.2, 0) is 0 Å². The van der Waals surface area contributed by atoms with E-state index in [1.165, 1.54) is 6.07 Å². The first kappa shape index (κ1) is 9.65. The predicted molar refractivity (Wildman–Crippen MR) is 57.9 cm³/mol. The van der Waals surface area contributed by atoms with Crippen LogP contribution < -0.4 is 0 Å². The SMILES string of the molecule is C=C(c1c[nH]cn1)c1cccc(F)c1C. The molecule has 2 nitrogen and oxygen atoms in total. The molecule has 15 heavy (non-hydrogen) atoms. The molecule has 0 aliphatic heterocycles. The van der Waals surface area contributed by atoms with E-state index in [1.807, 2.05) is 6.07 Å². The van der Waals surface area contributed by atoms with Gasteiger partial charge in [0.05, 0.1) is 12.0 Å². The molecule has 0 aliphatic carbocycles. The first-order chi connectivity index (χ1) is 7.20. The first-order valence-corrected chi connectivity index (χ1v) is 4.63. The fourth-order valence-corrected chi connectivity index (χ4v) is 1.50. The van der Waals surface area contributed by atoms with E-state index in [2.05, 4.69) is 16.5 Å². The van der Waals surface area contributed by atoms with Gasteiger partial charge in [0.1, 0.15) is 5.82 Å². The highest BCUT2D eigenvalue weighted by molar-refractivity contribution is 5.77. The number of aromatic amines is 1. The van der Waals surface area contributed by atoms with Crippen LogP contribution in [0, 0.1) is 12.7 Å². The lowest BCUT2D eigenvalue weighted by atomic mass is 10.00. The number of nitrogens with zero attached hydrogens (tertiary/aromatic N) is 1. The fraction of sp³-hybridized carbons (Fsp3) is 0.0833. The minimum Gasteiger partial charge on any atom is -0.351 e. The lowest BCUT2D eigenvalue weighted by molar-refractivity contribution is 0.618. The predicted octanol–water partition coefficient (Wildman–Crippen LogP) is 2.92. The van der Waals surface area contributed by atoms with Crippen molar-refractivity contribution in [3.63, 3.8) is 0 Å². The van der Waals surface area contributed by atoms with Crippen molar-refractivity contribution in [3.8, 4) is 0 Å². The van der Waals surface area contributed by atoms with E-state index in [-0.39, 0.29) is 5.82 Å². The Bertz CT molecular complexity index is 486. The average molecular weight is 202 g/mol. The van der Waals surface area contributed by atoms with Gasteiger partial charge in [-0.3, -0.25) is 0 Å². The summed E-state index contributed by atoms with van der Waals surface area (Å²) in [7, 11) is 0. The quantitative estimate of drug-likeness (QED) is 0.796. The van der Waals surface area contributed by atoms with Crippen LogP contribution in [0.4, 0.5) is 4.39 Å². The minimum absolute atomic E-state index is 0.218. The Morgan fingerprint density at radius 3 is 2.93 bits per heavy atom. The van der Waals surface area contributed by atoms with E-state index in [4.69, 9.17) is 0 Å². The minimum atomic E-state index is -0.218. The molecule has 0 fully saturated rings. The fourth-order valence-electron chi connectivity index (χ4n) is 1.50. The molecule has 0 radical (unpaired) electrons. The summed E-state index contributed by atoms with van der Waals surface area (Å²) in [5.74, 6) is -0.218. The topological polar surface area (TPSA) is 28.7 Å². The molecule has 0 saturated carbocycles. The summed E-state index contributed by atoms with van der Waals surface area (Å²) < 4.78 is 13.3. The van der Waals surface area contributed by atoms with Gasteiger partial charge >= 0.3 is 0 Å². The summed E-state index contributed by atoms with van der Waals surface area (Å²) in [4.78, 5) is 6.93. The Kier molecular flexibility index (Phi) is 2.37. The summed E-state index contributed by atoms with van der Waals surface area (Å²) >= 11 is 0. The molecule has 0 spiro atoms. The zero-order valence-corrected chi connectivity index (χ0v) is 8.42. The van der Waals surface area contributed by atoms with Gasteiger partial charge in [0.15, 0.2) is 0 Å². The average Bonchev–Trinajstić information content (AvgIpc) is 2.74. The standard InChI is InChI=1S/C12H11FN2/c1-8-10(4-3-5-11(8)13)9(2)12-6-14-7-15-12/h3-7H,2H2,1H3,(H,14,15). The number of hydrogen-bond acceptors (Lipinski definition) is 1. The molecule has 0 saturated heterocycles. The number of rotatable bonds is 2. The molecule has 3 heteroatoms. The van der Waals surface area contributed by atoms with Gasteiger partial charge in [-0.2, -0.15) is 0 Å². The van der Waals surface area contributed by atoms with Crippen molar-refractivity contribution in [2.24, 2.45) is 0 Å². The van der Waals surface area contributed by atoms with Crippen LogP contribution in [0.3, 0.4) is 0 Å². The maximum atomic E-state index is 13.3. The largest absolute Gasteiger partial charge is 0.351 e. The van der Waals surface area contributed by atoms with Gasteiger partial charge in [-0.1, -0.05) is 18.7 Å². The summed E-state index contributed by atoms with van der Waals surface area (Å²) in [5, 5.41) is 0. The first-order valence-electron chi connectivity index (χ1n) is 4.63. The second kappa shape index (κ2) is 3.69. The smallest absolute Gasteiger partial charge is 0.126 e. The highest BCUT2D eigenvalue weighted by atomic mass is 19.1. The molecule has 1 N–H and O–H groups in total. The number of hydrogen-bond donors (Lipinski definition) is 1. The Morgan fingerprint density at radius 1 is 1.47 bits per heavy atom. The number of aromatic nitrogens is 2. The Labute approximate surface area is 87.5 Å². The maximum absolute atomic E-state index is 13.3. The summed E-state index contributed by atoms with van der Waals surface area (Å²) in [6.07, 6.45) is 3.32. The second-order valence-corrected chi connectivity index (χ2v) is 3.35. The van der Waals surface area contributed by atoms with Crippen molar-refractivity contribution < 1.29 is 4.39 Å². The summed E-state index contributed by atoms with van der Waals surface area (Å²) in [5.41, 5.74) is 2.87. The van der Waals surface area contributed by atoms with E-state index in [1.54, 1.807) is 25.5 Å². The van der Waals surface area contributed by atoms with E-state index in [9.17, 15) is 4.39 Å². The molecule has 76 valence electrons. The van der Waals surface area contributed by atoms with Gasteiger partial charge in [0.2, 0.25) is 0 Å². The van der Waals surface area contributed by atoms with Crippen molar-refractivity contribution in [3.05, 3.63) is 59.9 Å². The van der Waals surface area contributed by atoms with Gasteiger partial charge in [0, 0.05) is 11.8 Å². The third kappa shape index (κ3) is 1.68. The molecule has 1 heterocycles. The summed E-state index contributed by atoms with van der Waals surface area (Å²) in [6, 6.07) is 4.96. The number of halogens is 1. The van der Waals surface area contributed by atoms with Crippen molar-refractivity contribution >= 4 is 5.57 Å². The highest BCUT2D eigenvalue weighted by Gasteiger charge is 2.09. The number of imidazole rings is 1. The molecule has 2 rings (SSSR count). The lowest BCUT2D eigenvalue weighted by Gasteiger charge is -2.07. The molecule has 1 aromatic heterocycles. The number of H-pyrrole nitrogens is 1. The third-order valence-electron chi connectivity index (χ3n) is 2.40. The maximum Gasteiger partial charge on any atom is 0.126 e. The van der Waals surface area contributed by atoms with Gasteiger partial charge < -0.3 is 4.98 Å². The summed E-state index contributed by atoms with van der Waals surface area (Å²) in [6.45, 7) is 5.66. The Hall–Kier alpha value is -1.90. The highest BCUT2D eigenvalue weighted by Crippen LogP contribution is 2.23. The second-order valence-electron chi connectivity index (χ2n) is 3.35. The van der Waals surface area contributed by atoms with E-state index in [0.717, 1.165) is 16.8 Å². The van der Waals surface area contributed by atoms with Crippen molar-refractivity contribution in [2.75, 3.05) is 0 Å². The third-order valence-corrected chi connectivity index (χ3v) is 2.40. The Balaban J connectivity index is 2.47. The molecular formula is C12H11FN2. The van der Waals surface area contributed by atoms with Crippen LogP contribution in [-0.4, -0.2) is 9.97 Å². The number of nitrogens with one attached hydrogen (secondary N) is 1. The monoisotopic (exact) mass is 202 g/mol. The van der Waals surface area contributed by atoms with Crippen molar-refractivity contribution in [1.82, 2.24) is 9.97 Å². The molecule has 0 amide bonds. The van der Waals surface area contributed by atoms with Gasteiger partial charge in [-0.05, 0) is 24.1 Å². The zero-order chi connectivity index (χ0) is 10.8. The molecular weight excluding hydrogens is 191 g/mol. The van der Waals surface area contributed by atoms with Crippen LogP contribution in [0.25, 0.3) is 5.57 Å². The van der Waals surface area contributed by atoms with E-state index < -0.39 is 0 Å². The molecule has 2 aromatic rings.